The van der Waals surface area contributed by atoms with Crippen molar-refractivity contribution in [3.63, 3.8) is 0 Å². The lowest BCUT2D eigenvalue weighted by Crippen LogP contribution is -2.53. The van der Waals surface area contributed by atoms with Crippen molar-refractivity contribution in [2.45, 2.75) is 45.1 Å². The number of rotatable bonds is 5. The van der Waals surface area contributed by atoms with Crippen molar-refractivity contribution in [3.8, 4) is 0 Å². The predicted octanol–water partition coefficient (Wildman–Crippen LogP) is 0.962. The molecule has 1 saturated heterocycles. The van der Waals surface area contributed by atoms with Crippen LogP contribution in [0.1, 0.15) is 39.5 Å². The van der Waals surface area contributed by atoms with E-state index in [1.165, 1.54) is 19.3 Å². The Balaban J connectivity index is 2.41. The Labute approximate surface area is 105 Å². The molecule has 1 heterocycles. The lowest BCUT2D eigenvalue weighted by molar-refractivity contribution is -0.124. The number of likely N-dealkylation sites (tertiary alicyclic amines) is 1. The first-order valence-corrected chi connectivity index (χ1v) is 6.69. The molecule has 17 heavy (non-hydrogen) atoms. The maximum atomic E-state index is 11.4. The van der Waals surface area contributed by atoms with Crippen molar-refractivity contribution >= 4 is 5.91 Å². The number of carbonyl (C=O) groups is 1. The smallest absolute Gasteiger partial charge is 0.237 e. The van der Waals surface area contributed by atoms with Crippen LogP contribution in [0.3, 0.4) is 0 Å². The van der Waals surface area contributed by atoms with Gasteiger partial charge in [-0.25, -0.2) is 0 Å². The summed E-state index contributed by atoms with van der Waals surface area (Å²) in [5.41, 5.74) is 4.86. The number of hydrogen-bond donors (Lipinski definition) is 2. The fourth-order valence-corrected chi connectivity index (χ4v) is 2.30. The zero-order valence-corrected chi connectivity index (χ0v) is 11.5. The molecule has 4 heteroatoms. The van der Waals surface area contributed by atoms with E-state index in [2.05, 4.69) is 17.1 Å². The van der Waals surface area contributed by atoms with Crippen molar-refractivity contribution in [2.24, 2.45) is 11.7 Å². The molecular formula is C13H27N3O. The van der Waals surface area contributed by atoms with Crippen LogP contribution in [0, 0.1) is 5.92 Å². The Morgan fingerprint density at radius 3 is 2.76 bits per heavy atom. The summed E-state index contributed by atoms with van der Waals surface area (Å²) in [4.78, 5) is 13.8. The number of amides is 1. The second kappa shape index (κ2) is 6.36. The molecule has 0 bridgehead atoms. The number of likely N-dealkylation sites (N-methyl/N-ethyl adjacent to an activating group) is 1. The standard InChI is InChI=1S/C13H27N3O/c1-11-5-4-8-16(9-6-11)10-7-13(2,15-3)12(14)17/h11,15H,4-10H2,1-3H3,(H2,14,17). The number of nitrogens with two attached hydrogens (primary N) is 1. The second-order valence-electron chi connectivity index (χ2n) is 5.57. The van der Waals surface area contributed by atoms with Crippen LogP contribution >= 0.6 is 0 Å². The van der Waals surface area contributed by atoms with E-state index in [1.54, 1.807) is 7.05 Å². The van der Waals surface area contributed by atoms with Crippen LogP contribution in [-0.2, 0) is 4.79 Å². The molecule has 0 aliphatic carbocycles. The summed E-state index contributed by atoms with van der Waals surface area (Å²) < 4.78 is 0. The molecule has 4 nitrogen and oxygen atoms in total. The fourth-order valence-electron chi connectivity index (χ4n) is 2.30. The van der Waals surface area contributed by atoms with Crippen molar-refractivity contribution < 1.29 is 4.79 Å². The van der Waals surface area contributed by atoms with Gasteiger partial charge in [0.15, 0.2) is 0 Å². The van der Waals surface area contributed by atoms with Crippen LogP contribution < -0.4 is 11.1 Å². The number of hydrogen-bond acceptors (Lipinski definition) is 3. The normalized spacial score (nSPS) is 26.2. The van der Waals surface area contributed by atoms with Crippen molar-refractivity contribution in [2.75, 3.05) is 26.7 Å². The molecule has 1 amide bonds. The molecule has 0 aromatic heterocycles. The minimum absolute atomic E-state index is 0.261. The summed E-state index contributed by atoms with van der Waals surface area (Å²) in [6, 6.07) is 0. The highest BCUT2D eigenvalue weighted by Crippen LogP contribution is 2.18. The van der Waals surface area contributed by atoms with Gasteiger partial charge in [-0.15, -0.1) is 0 Å². The van der Waals surface area contributed by atoms with Gasteiger partial charge in [-0.3, -0.25) is 4.79 Å². The van der Waals surface area contributed by atoms with E-state index in [4.69, 9.17) is 5.73 Å². The molecule has 0 spiro atoms. The minimum Gasteiger partial charge on any atom is -0.368 e. The second-order valence-corrected chi connectivity index (χ2v) is 5.57. The van der Waals surface area contributed by atoms with E-state index in [0.29, 0.717) is 0 Å². The monoisotopic (exact) mass is 241 g/mol. The molecule has 1 aliphatic heterocycles. The quantitative estimate of drug-likeness (QED) is 0.754. The van der Waals surface area contributed by atoms with Gasteiger partial charge in [-0.1, -0.05) is 6.92 Å². The number of carbonyl (C=O) groups excluding carboxylic acids is 1. The van der Waals surface area contributed by atoms with E-state index in [0.717, 1.165) is 32.0 Å². The molecule has 0 aromatic rings. The third-order valence-electron chi connectivity index (χ3n) is 4.13. The van der Waals surface area contributed by atoms with Gasteiger partial charge in [0.25, 0.3) is 0 Å². The summed E-state index contributed by atoms with van der Waals surface area (Å²) in [5.74, 6) is 0.579. The van der Waals surface area contributed by atoms with E-state index < -0.39 is 5.54 Å². The minimum atomic E-state index is -0.572. The first-order chi connectivity index (χ1) is 7.98. The van der Waals surface area contributed by atoms with E-state index >= 15 is 0 Å². The van der Waals surface area contributed by atoms with E-state index in [-0.39, 0.29) is 5.91 Å². The van der Waals surface area contributed by atoms with Crippen LogP contribution in [0.4, 0.5) is 0 Å². The number of nitrogens with zero attached hydrogens (tertiary/aromatic N) is 1. The molecular weight excluding hydrogens is 214 g/mol. The largest absolute Gasteiger partial charge is 0.368 e. The SMILES string of the molecule is CNC(C)(CCN1CCCC(C)CC1)C(N)=O. The van der Waals surface area contributed by atoms with Crippen LogP contribution in [0.5, 0.6) is 0 Å². The average Bonchev–Trinajstić information content (AvgIpc) is 2.50. The highest BCUT2D eigenvalue weighted by molar-refractivity contribution is 5.84. The lowest BCUT2D eigenvalue weighted by atomic mass is 9.97. The summed E-state index contributed by atoms with van der Waals surface area (Å²) >= 11 is 0. The van der Waals surface area contributed by atoms with E-state index in [1.807, 2.05) is 6.92 Å². The maximum Gasteiger partial charge on any atom is 0.237 e. The molecule has 1 rings (SSSR count). The van der Waals surface area contributed by atoms with Crippen LogP contribution in [-0.4, -0.2) is 43.0 Å². The van der Waals surface area contributed by atoms with Crippen molar-refractivity contribution in [3.05, 3.63) is 0 Å². The molecule has 1 aliphatic rings. The fraction of sp³-hybridized carbons (Fsp3) is 0.923. The van der Waals surface area contributed by atoms with Gasteiger partial charge in [0, 0.05) is 6.54 Å². The van der Waals surface area contributed by atoms with Crippen LogP contribution in [0.2, 0.25) is 0 Å². The van der Waals surface area contributed by atoms with Crippen LogP contribution in [0.25, 0.3) is 0 Å². The summed E-state index contributed by atoms with van der Waals surface area (Å²) in [5, 5.41) is 3.04. The molecule has 0 radical (unpaired) electrons. The maximum absolute atomic E-state index is 11.4. The molecule has 3 N–H and O–H groups in total. The van der Waals surface area contributed by atoms with Crippen LogP contribution in [0.15, 0.2) is 0 Å². The molecule has 100 valence electrons. The van der Waals surface area contributed by atoms with E-state index in [9.17, 15) is 4.79 Å². The first kappa shape index (κ1) is 14.5. The zero-order valence-electron chi connectivity index (χ0n) is 11.5. The molecule has 0 saturated carbocycles. The zero-order chi connectivity index (χ0) is 12.9. The summed E-state index contributed by atoms with van der Waals surface area (Å²) in [6.45, 7) is 7.47. The van der Waals surface area contributed by atoms with Crippen molar-refractivity contribution in [1.82, 2.24) is 10.2 Å². The Bertz CT molecular complexity index is 257. The third-order valence-corrected chi connectivity index (χ3v) is 4.13. The van der Waals surface area contributed by atoms with Gasteiger partial charge in [0.1, 0.15) is 0 Å². The van der Waals surface area contributed by atoms with Gasteiger partial charge in [0.2, 0.25) is 5.91 Å². The third kappa shape index (κ3) is 4.28. The predicted molar refractivity (Wildman–Crippen MR) is 70.7 cm³/mol. The Kier molecular flexibility index (Phi) is 5.40. The van der Waals surface area contributed by atoms with Gasteiger partial charge >= 0.3 is 0 Å². The first-order valence-electron chi connectivity index (χ1n) is 6.69. The molecule has 2 unspecified atom stereocenters. The Morgan fingerprint density at radius 2 is 2.18 bits per heavy atom. The highest BCUT2D eigenvalue weighted by Gasteiger charge is 2.29. The molecule has 2 atom stereocenters. The van der Waals surface area contributed by atoms with Gasteiger partial charge in [-0.2, -0.15) is 0 Å². The Hall–Kier alpha value is -0.610. The van der Waals surface area contributed by atoms with Gasteiger partial charge < -0.3 is 16.0 Å². The van der Waals surface area contributed by atoms with Gasteiger partial charge in [0.05, 0.1) is 5.54 Å². The number of nitrogens with one attached hydrogen (secondary N) is 1. The number of primary amides is 1. The summed E-state index contributed by atoms with van der Waals surface area (Å²) in [6.07, 6.45) is 4.66. The lowest BCUT2D eigenvalue weighted by Gasteiger charge is -2.29. The Morgan fingerprint density at radius 1 is 1.47 bits per heavy atom. The van der Waals surface area contributed by atoms with Gasteiger partial charge in [-0.05, 0) is 58.7 Å². The molecule has 1 fully saturated rings. The average molecular weight is 241 g/mol. The summed E-state index contributed by atoms with van der Waals surface area (Å²) in [7, 11) is 1.80. The highest BCUT2D eigenvalue weighted by atomic mass is 16.1. The topological polar surface area (TPSA) is 58.4 Å². The van der Waals surface area contributed by atoms with Crippen molar-refractivity contribution in [1.29, 1.82) is 0 Å². The molecule has 0 aromatic carbocycles.